The summed E-state index contributed by atoms with van der Waals surface area (Å²) in [6.45, 7) is 4.25. The Balaban J connectivity index is 1.50. The lowest BCUT2D eigenvalue weighted by molar-refractivity contribution is -0.118. The number of hydrogen-bond donors (Lipinski definition) is 1. The molecule has 28 heavy (non-hydrogen) atoms. The number of carbonyl (C=O) groups excluding carboxylic acids is 1. The molecule has 2 aliphatic carbocycles. The molecule has 1 unspecified atom stereocenters. The van der Waals surface area contributed by atoms with Crippen molar-refractivity contribution in [2.24, 2.45) is 17.3 Å². The number of nitrogens with one attached hydrogen (secondary N) is 1. The maximum atomic E-state index is 12.9. The molecule has 2 aromatic rings. The quantitative estimate of drug-likeness (QED) is 0.833. The lowest BCUT2D eigenvalue weighted by Crippen LogP contribution is -2.29. The molecule has 4 rings (SSSR count). The van der Waals surface area contributed by atoms with Crippen LogP contribution in [0.1, 0.15) is 24.4 Å². The molecule has 0 bridgehead atoms. The van der Waals surface area contributed by atoms with Crippen LogP contribution in [-0.4, -0.2) is 27.5 Å². The molecule has 1 N–H and O–H groups in total. The van der Waals surface area contributed by atoms with Crippen molar-refractivity contribution in [3.8, 4) is 5.75 Å². The van der Waals surface area contributed by atoms with Gasteiger partial charge in [0.05, 0.1) is 18.5 Å². The maximum absolute atomic E-state index is 12.9. The molecule has 2 aromatic heterocycles. The van der Waals surface area contributed by atoms with Gasteiger partial charge in [0.25, 0.3) is 0 Å². The van der Waals surface area contributed by atoms with Crippen LogP contribution in [0.4, 0.5) is 5.69 Å². The molecule has 0 aromatic carbocycles. The van der Waals surface area contributed by atoms with Crippen LogP contribution < -0.4 is 10.1 Å². The fraction of sp³-hybridized carbons (Fsp3) is 0.364. The van der Waals surface area contributed by atoms with E-state index in [2.05, 4.69) is 44.6 Å². The van der Waals surface area contributed by atoms with Gasteiger partial charge in [0, 0.05) is 29.4 Å². The van der Waals surface area contributed by atoms with Crippen molar-refractivity contribution in [1.29, 1.82) is 0 Å². The molecule has 0 saturated heterocycles. The van der Waals surface area contributed by atoms with Gasteiger partial charge in [-0.1, -0.05) is 24.3 Å². The minimum Gasteiger partial charge on any atom is -0.489 e. The van der Waals surface area contributed by atoms with E-state index in [0.717, 1.165) is 30.0 Å². The van der Waals surface area contributed by atoms with E-state index in [1.807, 2.05) is 13.8 Å². The summed E-state index contributed by atoms with van der Waals surface area (Å²) >= 11 is 0. The summed E-state index contributed by atoms with van der Waals surface area (Å²) in [5.74, 6) is 1.63. The number of aryl methyl sites for hydroxylation is 2. The van der Waals surface area contributed by atoms with Crippen molar-refractivity contribution >= 4 is 11.6 Å². The molecule has 2 aliphatic rings. The van der Waals surface area contributed by atoms with E-state index in [0.29, 0.717) is 12.4 Å². The number of amides is 1. The van der Waals surface area contributed by atoms with Crippen molar-refractivity contribution in [2.75, 3.05) is 11.9 Å². The zero-order valence-corrected chi connectivity index (χ0v) is 16.1. The molecule has 1 amide bonds. The first-order valence-corrected chi connectivity index (χ1v) is 9.56. The van der Waals surface area contributed by atoms with Crippen molar-refractivity contribution in [3.63, 3.8) is 0 Å². The van der Waals surface area contributed by atoms with Gasteiger partial charge in [-0.05, 0) is 44.7 Å². The van der Waals surface area contributed by atoms with E-state index in [4.69, 9.17) is 4.74 Å². The maximum Gasteiger partial charge on any atom is 0.228 e. The van der Waals surface area contributed by atoms with Gasteiger partial charge in [-0.3, -0.25) is 9.78 Å². The Hall–Kier alpha value is -3.02. The second-order valence-corrected chi connectivity index (χ2v) is 7.53. The Morgan fingerprint density at radius 2 is 2.11 bits per heavy atom. The number of carbonyl (C=O) groups is 1. The highest BCUT2D eigenvalue weighted by molar-refractivity contribution is 5.95. The SMILES string of the molecule is Cc1ncc(OC[C@@]2(C3C=CC=CC3)C[C@H]2C(=O)Nc2ccncc2)c(C)n1. The largest absolute Gasteiger partial charge is 0.489 e. The Labute approximate surface area is 164 Å². The van der Waals surface area contributed by atoms with Crippen LogP contribution in [0.15, 0.2) is 55.0 Å². The summed E-state index contributed by atoms with van der Waals surface area (Å²) in [5.41, 5.74) is 1.37. The first-order chi connectivity index (χ1) is 13.6. The standard InChI is InChI=1S/C22H24N4O2/c1-15-20(13-24-16(2)25-15)28-14-22(17-6-4-3-5-7-17)12-19(22)21(27)26-18-8-10-23-11-9-18/h3-6,8-11,13,17,19H,7,12,14H2,1-2H3,(H,23,26,27)/t17?,19-,22+/m0/s1. The normalized spacial score (nSPS) is 25.4. The van der Waals surface area contributed by atoms with E-state index in [9.17, 15) is 4.79 Å². The van der Waals surface area contributed by atoms with E-state index in [1.54, 1.807) is 30.7 Å². The Morgan fingerprint density at radius 3 is 2.82 bits per heavy atom. The molecule has 2 heterocycles. The number of allylic oxidation sites excluding steroid dienone is 4. The fourth-order valence-corrected chi connectivity index (χ4v) is 3.95. The number of pyridine rings is 1. The third-order valence-corrected chi connectivity index (χ3v) is 5.65. The highest BCUT2D eigenvalue weighted by Crippen LogP contribution is 2.60. The van der Waals surface area contributed by atoms with Gasteiger partial charge in [0.1, 0.15) is 5.82 Å². The van der Waals surface area contributed by atoms with Gasteiger partial charge >= 0.3 is 0 Å². The molecule has 144 valence electrons. The average Bonchev–Trinajstić information content (AvgIpc) is 3.45. The fourth-order valence-electron chi connectivity index (χ4n) is 3.95. The average molecular weight is 376 g/mol. The molecule has 1 fully saturated rings. The van der Waals surface area contributed by atoms with Crippen LogP contribution in [0, 0.1) is 31.1 Å². The van der Waals surface area contributed by atoms with Gasteiger partial charge in [0.15, 0.2) is 5.75 Å². The topological polar surface area (TPSA) is 77.0 Å². The lowest BCUT2D eigenvalue weighted by atomic mass is 9.82. The molecule has 6 nitrogen and oxygen atoms in total. The van der Waals surface area contributed by atoms with Crippen molar-refractivity contribution in [2.45, 2.75) is 26.7 Å². The van der Waals surface area contributed by atoms with E-state index >= 15 is 0 Å². The first-order valence-electron chi connectivity index (χ1n) is 9.56. The zero-order chi connectivity index (χ0) is 19.6. The molecule has 3 atom stereocenters. The van der Waals surface area contributed by atoms with Gasteiger partial charge < -0.3 is 10.1 Å². The van der Waals surface area contributed by atoms with Crippen LogP contribution >= 0.6 is 0 Å². The van der Waals surface area contributed by atoms with Gasteiger partial charge in [0.2, 0.25) is 5.91 Å². The summed E-state index contributed by atoms with van der Waals surface area (Å²) in [6, 6.07) is 3.60. The third-order valence-electron chi connectivity index (χ3n) is 5.65. The van der Waals surface area contributed by atoms with E-state index < -0.39 is 0 Å². The van der Waals surface area contributed by atoms with Crippen LogP contribution in [0.25, 0.3) is 0 Å². The zero-order valence-electron chi connectivity index (χ0n) is 16.1. The second kappa shape index (κ2) is 7.54. The lowest BCUT2D eigenvalue weighted by Gasteiger charge is -2.26. The predicted molar refractivity (Wildman–Crippen MR) is 107 cm³/mol. The van der Waals surface area contributed by atoms with E-state index in [1.165, 1.54) is 0 Å². The Kier molecular flexibility index (Phi) is 4.94. The highest BCUT2D eigenvalue weighted by Gasteiger charge is 2.62. The van der Waals surface area contributed by atoms with Gasteiger partial charge in [-0.15, -0.1) is 0 Å². The van der Waals surface area contributed by atoms with Crippen LogP contribution in [0.5, 0.6) is 5.75 Å². The summed E-state index contributed by atoms with van der Waals surface area (Å²) in [6.07, 6.45) is 15.3. The smallest absolute Gasteiger partial charge is 0.228 e. The van der Waals surface area contributed by atoms with Crippen LogP contribution in [0.2, 0.25) is 0 Å². The molecule has 0 spiro atoms. The Morgan fingerprint density at radius 1 is 1.29 bits per heavy atom. The van der Waals surface area contributed by atoms with Crippen LogP contribution in [0.3, 0.4) is 0 Å². The number of aromatic nitrogens is 3. The molecule has 6 heteroatoms. The van der Waals surface area contributed by atoms with Crippen LogP contribution in [-0.2, 0) is 4.79 Å². The molecule has 0 radical (unpaired) electrons. The van der Waals surface area contributed by atoms with E-state index in [-0.39, 0.29) is 23.2 Å². The minimum absolute atomic E-state index is 0.0367. The number of ether oxygens (including phenoxy) is 1. The number of nitrogens with zero attached hydrogens (tertiary/aromatic N) is 3. The minimum atomic E-state index is -0.213. The van der Waals surface area contributed by atoms with Gasteiger partial charge in [-0.2, -0.15) is 0 Å². The van der Waals surface area contributed by atoms with Crippen molar-refractivity contribution in [1.82, 2.24) is 15.0 Å². The number of hydrogen-bond acceptors (Lipinski definition) is 5. The second-order valence-electron chi connectivity index (χ2n) is 7.53. The van der Waals surface area contributed by atoms with Gasteiger partial charge in [-0.25, -0.2) is 9.97 Å². The monoisotopic (exact) mass is 376 g/mol. The van der Waals surface area contributed by atoms with Crippen molar-refractivity contribution in [3.05, 3.63) is 66.5 Å². The predicted octanol–water partition coefficient (Wildman–Crippen LogP) is 3.64. The summed E-state index contributed by atoms with van der Waals surface area (Å²) in [7, 11) is 0. The Bertz CT molecular complexity index is 925. The summed E-state index contributed by atoms with van der Waals surface area (Å²) < 4.78 is 6.13. The molecule has 0 aliphatic heterocycles. The molecular weight excluding hydrogens is 352 g/mol. The third kappa shape index (κ3) is 3.67. The molecule has 1 saturated carbocycles. The highest BCUT2D eigenvalue weighted by atomic mass is 16.5. The first kappa shape index (κ1) is 18.3. The number of anilines is 1. The van der Waals surface area contributed by atoms with Crippen molar-refractivity contribution < 1.29 is 9.53 Å². The number of rotatable bonds is 6. The molecular formula is C22H24N4O2. The summed E-state index contributed by atoms with van der Waals surface area (Å²) in [4.78, 5) is 25.5. The summed E-state index contributed by atoms with van der Waals surface area (Å²) in [5, 5.41) is 3.01.